The number of benzene rings is 1. The zero-order valence-electron chi connectivity index (χ0n) is 16.7. The maximum Gasteiger partial charge on any atom is 0.225 e. The van der Waals surface area contributed by atoms with E-state index in [0.29, 0.717) is 24.5 Å². The number of nitrogens with zero attached hydrogens (tertiary/aromatic N) is 2. The Balaban J connectivity index is 0.000000280. The van der Waals surface area contributed by atoms with Gasteiger partial charge in [-0.05, 0) is 26.7 Å². The van der Waals surface area contributed by atoms with Crippen molar-refractivity contribution in [3.8, 4) is 0 Å². The molecule has 0 aliphatic heterocycles. The highest BCUT2D eigenvalue weighted by atomic mass is 16.1. The fourth-order valence-electron chi connectivity index (χ4n) is 2.44. The second-order valence-electron chi connectivity index (χ2n) is 5.97. The van der Waals surface area contributed by atoms with Crippen molar-refractivity contribution < 1.29 is 9.59 Å². The van der Waals surface area contributed by atoms with Crippen LogP contribution in [0.5, 0.6) is 0 Å². The molecule has 8 nitrogen and oxygen atoms in total. The summed E-state index contributed by atoms with van der Waals surface area (Å²) in [5, 5.41) is 0. The first-order valence-electron chi connectivity index (χ1n) is 8.84. The summed E-state index contributed by atoms with van der Waals surface area (Å²) in [4.78, 5) is 28.3. The number of hydrogen-bond acceptors (Lipinski definition) is 4. The van der Waals surface area contributed by atoms with Crippen LogP contribution in [0.15, 0.2) is 57.5 Å². The number of allylic oxidation sites excluding steroid dienone is 2. The van der Waals surface area contributed by atoms with Crippen LogP contribution >= 0.6 is 0 Å². The first-order chi connectivity index (χ1) is 13.5. The summed E-state index contributed by atoms with van der Waals surface area (Å²) in [5.41, 5.74) is 14.6. The molecule has 1 aliphatic carbocycles. The highest BCUT2D eigenvalue weighted by Crippen LogP contribution is 2.16. The van der Waals surface area contributed by atoms with Gasteiger partial charge in [-0.1, -0.05) is 47.6 Å². The molecular weight excluding hydrogens is 356 g/mol. The van der Waals surface area contributed by atoms with E-state index in [1.54, 1.807) is 14.1 Å². The third kappa shape index (κ3) is 7.86. The minimum Gasteiger partial charge on any atom is -0.282 e. The summed E-state index contributed by atoms with van der Waals surface area (Å²) in [6.07, 6.45) is 7.46. The minimum absolute atomic E-state index is 0.569. The van der Waals surface area contributed by atoms with Crippen LogP contribution in [0.1, 0.15) is 30.9 Å². The van der Waals surface area contributed by atoms with E-state index in [-0.39, 0.29) is 0 Å². The molecule has 1 aliphatic rings. The van der Waals surface area contributed by atoms with Gasteiger partial charge in [0, 0.05) is 25.2 Å². The molecule has 0 bridgehead atoms. The molecular formula is C20H28N6O2. The third-order valence-electron chi connectivity index (χ3n) is 3.85. The van der Waals surface area contributed by atoms with Gasteiger partial charge in [0.15, 0.2) is 0 Å². The Morgan fingerprint density at radius 2 is 1.50 bits per heavy atom. The van der Waals surface area contributed by atoms with Crippen LogP contribution in [0, 0.1) is 6.92 Å². The Bertz CT molecular complexity index is 763. The molecule has 0 saturated heterocycles. The summed E-state index contributed by atoms with van der Waals surface area (Å²) in [6.45, 7) is 4.11. The maximum atomic E-state index is 10.1. The maximum absolute atomic E-state index is 10.1. The van der Waals surface area contributed by atoms with Crippen LogP contribution in [0.4, 0.5) is 0 Å². The number of amides is 2. The summed E-state index contributed by atoms with van der Waals surface area (Å²) in [5.74, 6) is 1.33. The van der Waals surface area contributed by atoms with E-state index in [2.05, 4.69) is 50.8 Å². The molecule has 1 aromatic rings. The van der Waals surface area contributed by atoms with Crippen molar-refractivity contribution in [3.05, 3.63) is 58.7 Å². The largest absolute Gasteiger partial charge is 0.282 e. The lowest BCUT2D eigenvalue weighted by molar-refractivity contribution is -0.110. The monoisotopic (exact) mass is 384 g/mol. The van der Waals surface area contributed by atoms with Gasteiger partial charge >= 0.3 is 0 Å². The van der Waals surface area contributed by atoms with E-state index in [1.807, 2.05) is 31.2 Å². The predicted molar refractivity (Wildman–Crippen MR) is 113 cm³/mol. The van der Waals surface area contributed by atoms with Gasteiger partial charge in [0.2, 0.25) is 12.8 Å². The van der Waals surface area contributed by atoms with Gasteiger partial charge < -0.3 is 0 Å². The van der Waals surface area contributed by atoms with E-state index >= 15 is 0 Å². The van der Waals surface area contributed by atoms with Crippen LogP contribution in [0.3, 0.4) is 0 Å². The van der Waals surface area contributed by atoms with Crippen LogP contribution in [0.2, 0.25) is 0 Å². The zero-order chi connectivity index (χ0) is 20.8. The molecule has 2 rings (SSSR count). The molecule has 0 fully saturated rings. The van der Waals surface area contributed by atoms with Crippen molar-refractivity contribution in [1.29, 1.82) is 0 Å². The first kappa shape index (κ1) is 22.6. The van der Waals surface area contributed by atoms with Crippen molar-refractivity contribution in [1.82, 2.24) is 21.7 Å². The van der Waals surface area contributed by atoms with Crippen molar-refractivity contribution in [2.75, 3.05) is 14.1 Å². The van der Waals surface area contributed by atoms with Crippen molar-refractivity contribution in [2.24, 2.45) is 9.98 Å². The number of carbonyl (C=O) groups excluding carboxylic acids is 2. The molecule has 8 heteroatoms. The van der Waals surface area contributed by atoms with Gasteiger partial charge in [-0.25, -0.2) is 0 Å². The molecule has 2 amide bonds. The first-order valence-corrected chi connectivity index (χ1v) is 8.84. The molecule has 28 heavy (non-hydrogen) atoms. The lowest BCUT2D eigenvalue weighted by Crippen LogP contribution is -2.37. The molecule has 0 heterocycles. The molecule has 150 valence electrons. The number of rotatable bonds is 6. The third-order valence-corrected chi connectivity index (χ3v) is 3.85. The predicted octanol–water partition coefficient (Wildman–Crippen LogP) is 1.55. The van der Waals surface area contributed by atoms with E-state index < -0.39 is 0 Å². The molecule has 0 atom stereocenters. The van der Waals surface area contributed by atoms with Crippen LogP contribution in [0.25, 0.3) is 0 Å². The highest BCUT2D eigenvalue weighted by molar-refractivity contribution is 6.01. The van der Waals surface area contributed by atoms with Crippen molar-refractivity contribution in [2.45, 2.75) is 26.7 Å². The number of aliphatic imine (C=N–C) groups is 2. The average molecular weight is 384 g/mol. The van der Waals surface area contributed by atoms with Gasteiger partial charge in [0.05, 0.1) is 0 Å². The Morgan fingerprint density at radius 1 is 0.929 bits per heavy atom. The lowest BCUT2D eigenvalue weighted by Gasteiger charge is -2.13. The summed E-state index contributed by atoms with van der Waals surface area (Å²) in [7, 11) is 3.35. The number of hydrogen-bond donors (Lipinski definition) is 4. The molecule has 0 spiro atoms. The smallest absolute Gasteiger partial charge is 0.225 e. The zero-order valence-corrected chi connectivity index (χ0v) is 16.7. The fraction of sp³-hybridized carbons (Fsp3) is 0.300. The summed E-state index contributed by atoms with van der Waals surface area (Å²) < 4.78 is 0. The van der Waals surface area contributed by atoms with Gasteiger partial charge in [0.25, 0.3) is 0 Å². The minimum atomic E-state index is 0.569. The summed E-state index contributed by atoms with van der Waals surface area (Å²) >= 11 is 0. The van der Waals surface area contributed by atoms with Crippen LogP contribution < -0.4 is 21.7 Å². The second kappa shape index (κ2) is 12.9. The molecule has 1 aromatic carbocycles. The number of carbonyl (C=O) groups is 2. The van der Waals surface area contributed by atoms with E-state index in [9.17, 15) is 9.59 Å². The normalized spacial score (nSPS) is 13.9. The number of amidine groups is 2. The second-order valence-corrected chi connectivity index (χ2v) is 5.97. The number of hydrazine groups is 2. The molecule has 0 radical (unpaired) electrons. The Hall–Kier alpha value is -3.42. The van der Waals surface area contributed by atoms with Gasteiger partial charge in [-0.3, -0.25) is 41.3 Å². The van der Waals surface area contributed by atoms with E-state index in [1.165, 1.54) is 11.1 Å². The van der Waals surface area contributed by atoms with Crippen LogP contribution in [-0.4, -0.2) is 38.6 Å². The quantitative estimate of drug-likeness (QED) is 0.258. The SMILES string of the molecule is CN=C(NNC=O)C1=CCCC(C)=C1.CN=C(NNC=O)c1ccc(C)cc1. The molecule has 0 saturated carbocycles. The fourth-order valence-corrected chi connectivity index (χ4v) is 2.44. The van der Waals surface area contributed by atoms with Crippen molar-refractivity contribution in [3.63, 3.8) is 0 Å². The average Bonchev–Trinajstić information content (AvgIpc) is 2.71. The van der Waals surface area contributed by atoms with E-state index in [0.717, 1.165) is 24.0 Å². The molecule has 0 aromatic heterocycles. The Morgan fingerprint density at radius 3 is 2.00 bits per heavy atom. The van der Waals surface area contributed by atoms with Gasteiger partial charge in [0.1, 0.15) is 11.7 Å². The van der Waals surface area contributed by atoms with E-state index in [4.69, 9.17) is 0 Å². The Kier molecular flexibility index (Phi) is 10.4. The lowest BCUT2D eigenvalue weighted by atomic mass is 10.0. The molecule has 4 N–H and O–H groups in total. The Labute approximate surface area is 165 Å². The summed E-state index contributed by atoms with van der Waals surface area (Å²) in [6, 6.07) is 7.86. The standard InChI is InChI=1S/C10H13N3O.C10H15N3O/c1-8-3-5-9(6-4-8)10(11-2)13-12-7-14;1-8-4-3-5-9(6-8)10(11-2)13-12-7-14/h3-7H,1-2H3,(H,11,13)(H,12,14);5-7H,3-4H2,1-2H3,(H,11,13)(H,12,14). The highest BCUT2D eigenvalue weighted by Gasteiger charge is 2.07. The van der Waals surface area contributed by atoms with Gasteiger partial charge in [-0.2, -0.15) is 0 Å². The van der Waals surface area contributed by atoms with Gasteiger partial charge in [-0.15, -0.1) is 0 Å². The van der Waals surface area contributed by atoms with Crippen molar-refractivity contribution >= 4 is 24.5 Å². The number of aryl methyl sites for hydroxylation is 1. The number of nitrogens with one attached hydrogen (secondary N) is 4. The topological polar surface area (TPSA) is 107 Å². The van der Waals surface area contributed by atoms with Crippen LogP contribution in [-0.2, 0) is 9.59 Å². The molecule has 0 unspecified atom stereocenters.